The van der Waals surface area contributed by atoms with Crippen molar-refractivity contribution in [2.24, 2.45) is 11.7 Å². The number of hydrogen-bond acceptors (Lipinski definition) is 5. The molecular formula is C42H85NO4. The van der Waals surface area contributed by atoms with Gasteiger partial charge in [0, 0.05) is 6.42 Å². The molecule has 0 rings (SSSR count). The van der Waals surface area contributed by atoms with Gasteiger partial charge in [-0.1, -0.05) is 219 Å². The lowest BCUT2D eigenvalue weighted by molar-refractivity contribution is -0.133. The molecule has 0 spiro atoms. The van der Waals surface area contributed by atoms with Gasteiger partial charge in [0.25, 0.3) is 0 Å². The molecule has 5 heteroatoms. The summed E-state index contributed by atoms with van der Waals surface area (Å²) in [5.74, 6) is -1.32. The molecule has 282 valence electrons. The average molecular weight is 668 g/mol. The molecule has 0 aromatic rings. The van der Waals surface area contributed by atoms with Crippen LogP contribution < -0.4 is 5.73 Å². The Hall–Kier alpha value is -0.490. The van der Waals surface area contributed by atoms with E-state index >= 15 is 0 Å². The zero-order chi connectivity index (χ0) is 34.6. The number of Topliss-reactive ketones (excluding diaryl/α,β-unsaturated/α-hetero) is 1. The van der Waals surface area contributed by atoms with Crippen molar-refractivity contribution in [2.45, 2.75) is 257 Å². The van der Waals surface area contributed by atoms with E-state index in [1.54, 1.807) is 0 Å². The first kappa shape index (κ1) is 46.5. The van der Waals surface area contributed by atoms with Gasteiger partial charge in [0.1, 0.15) is 12.0 Å². The average Bonchev–Trinajstić information content (AvgIpc) is 3.04. The third-order valence-corrected chi connectivity index (χ3v) is 10.3. The summed E-state index contributed by atoms with van der Waals surface area (Å²) in [5.41, 5.74) is 5.70. The highest BCUT2D eigenvalue weighted by Gasteiger charge is 2.32. The molecule has 2 unspecified atom stereocenters. The van der Waals surface area contributed by atoms with Crippen LogP contribution in [0.15, 0.2) is 0 Å². The molecule has 47 heavy (non-hydrogen) atoms. The maximum absolute atomic E-state index is 12.8. The molecule has 0 aromatic carbocycles. The van der Waals surface area contributed by atoms with Crippen molar-refractivity contribution in [2.75, 3.05) is 0 Å². The van der Waals surface area contributed by atoms with Crippen molar-refractivity contribution < 1.29 is 20.1 Å². The molecule has 5 nitrogen and oxygen atoms in total. The van der Waals surface area contributed by atoms with Crippen molar-refractivity contribution in [1.29, 1.82) is 0 Å². The zero-order valence-electron chi connectivity index (χ0n) is 31.9. The Morgan fingerprint density at radius 1 is 0.426 bits per heavy atom. The van der Waals surface area contributed by atoms with E-state index in [-0.39, 0.29) is 12.2 Å². The second-order valence-corrected chi connectivity index (χ2v) is 15.1. The summed E-state index contributed by atoms with van der Waals surface area (Å²) in [6, 6.07) is 0. The van der Waals surface area contributed by atoms with Crippen LogP contribution in [0, 0.1) is 5.92 Å². The molecule has 0 aromatic heterocycles. The Bertz CT molecular complexity index is 628. The Balaban J connectivity index is 3.70. The molecule has 4 atom stereocenters. The number of carbonyl (C=O) groups is 1. The van der Waals surface area contributed by atoms with Crippen LogP contribution in [0.2, 0.25) is 0 Å². The van der Waals surface area contributed by atoms with Gasteiger partial charge in [-0.2, -0.15) is 0 Å². The van der Waals surface area contributed by atoms with E-state index in [9.17, 15) is 20.1 Å². The number of unbranched alkanes of at least 4 members (excludes halogenated alkanes) is 30. The summed E-state index contributed by atoms with van der Waals surface area (Å²) in [7, 11) is 0. The van der Waals surface area contributed by atoms with Crippen LogP contribution in [-0.2, 0) is 4.79 Å². The van der Waals surface area contributed by atoms with Crippen LogP contribution in [-0.4, -0.2) is 39.5 Å². The van der Waals surface area contributed by atoms with E-state index in [0.717, 1.165) is 32.1 Å². The Labute approximate surface area is 294 Å². The summed E-state index contributed by atoms with van der Waals surface area (Å²) in [6.07, 6.45) is 39.6. The van der Waals surface area contributed by atoms with Crippen molar-refractivity contribution >= 4 is 5.78 Å². The van der Waals surface area contributed by atoms with E-state index in [2.05, 4.69) is 13.8 Å². The number of carbonyl (C=O) groups excluding carboxylic acids is 1. The van der Waals surface area contributed by atoms with Gasteiger partial charge in [-0.05, 0) is 12.8 Å². The summed E-state index contributed by atoms with van der Waals surface area (Å²) in [5, 5.41) is 31.1. The number of hydrogen-bond donors (Lipinski definition) is 4. The summed E-state index contributed by atoms with van der Waals surface area (Å²) in [4.78, 5) is 12.8. The van der Waals surface area contributed by atoms with E-state index < -0.39 is 24.4 Å². The standard InChI is InChI=1S/C42H85NO4/c1-3-5-7-9-11-13-15-17-18-19-20-21-22-24-25-27-29-31-33-35-38(44)37-40(46)41(42(43)47)39(45)36-34-32-30-28-26-23-16-14-12-10-8-6-4-2/h38-39,41-42,44-45,47H,3-37,43H2,1-2H3/t38?,39-,41-,42?/m1/s1. The summed E-state index contributed by atoms with van der Waals surface area (Å²) in [6.45, 7) is 4.54. The van der Waals surface area contributed by atoms with Gasteiger partial charge in [0.15, 0.2) is 0 Å². The fraction of sp³-hybridized carbons (Fsp3) is 0.976. The van der Waals surface area contributed by atoms with Gasteiger partial charge in [0.2, 0.25) is 0 Å². The molecule has 0 fully saturated rings. The summed E-state index contributed by atoms with van der Waals surface area (Å²) >= 11 is 0. The fourth-order valence-electron chi connectivity index (χ4n) is 7.11. The van der Waals surface area contributed by atoms with Crippen LogP contribution in [0.5, 0.6) is 0 Å². The van der Waals surface area contributed by atoms with Gasteiger partial charge in [-0.3, -0.25) is 4.79 Å². The summed E-state index contributed by atoms with van der Waals surface area (Å²) < 4.78 is 0. The highest BCUT2D eigenvalue weighted by atomic mass is 16.3. The predicted octanol–water partition coefficient (Wildman–Crippen LogP) is 11.9. The number of ketones is 1. The molecule has 0 saturated heterocycles. The monoisotopic (exact) mass is 668 g/mol. The lowest BCUT2D eigenvalue weighted by Gasteiger charge is -2.25. The highest BCUT2D eigenvalue weighted by molar-refractivity contribution is 5.82. The third kappa shape index (κ3) is 32.5. The van der Waals surface area contributed by atoms with E-state index in [1.165, 1.54) is 173 Å². The normalized spacial score (nSPS) is 14.3. The fourth-order valence-corrected chi connectivity index (χ4v) is 7.11. The molecular weight excluding hydrogens is 582 g/mol. The predicted molar refractivity (Wildman–Crippen MR) is 204 cm³/mol. The lowest BCUT2D eigenvalue weighted by Crippen LogP contribution is -2.44. The molecule has 0 aliphatic heterocycles. The van der Waals surface area contributed by atoms with Gasteiger partial charge < -0.3 is 21.1 Å². The highest BCUT2D eigenvalue weighted by Crippen LogP contribution is 2.21. The SMILES string of the molecule is CCCCCCCCCCCCCCCCCCCCCC(O)CC(=O)[C@H](C(N)O)[C@H](O)CCCCCCCCCCCCCCC. The molecule has 0 bridgehead atoms. The van der Waals surface area contributed by atoms with Gasteiger partial charge >= 0.3 is 0 Å². The maximum Gasteiger partial charge on any atom is 0.145 e. The number of rotatable bonds is 39. The minimum Gasteiger partial charge on any atom is -0.393 e. The van der Waals surface area contributed by atoms with E-state index in [1.807, 2.05) is 0 Å². The Morgan fingerprint density at radius 3 is 0.957 bits per heavy atom. The van der Waals surface area contributed by atoms with Crippen LogP contribution in [0.1, 0.15) is 239 Å². The smallest absolute Gasteiger partial charge is 0.145 e. The largest absolute Gasteiger partial charge is 0.393 e. The second kappa shape index (κ2) is 36.8. The number of aliphatic hydroxyl groups is 3. The molecule has 0 radical (unpaired) electrons. The van der Waals surface area contributed by atoms with E-state index in [0.29, 0.717) is 12.8 Å². The zero-order valence-corrected chi connectivity index (χ0v) is 31.9. The first-order chi connectivity index (χ1) is 22.9. The molecule has 0 aliphatic carbocycles. The van der Waals surface area contributed by atoms with Crippen molar-refractivity contribution in [1.82, 2.24) is 0 Å². The van der Waals surface area contributed by atoms with Crippen LogP contribution in [0.25, 0.3) is 0 Å². The minimum absolute atomic E-state index is 0.0341. The second-order valence-electron chi connectivity index (χ2n) is 15.1. The molecule has 0 saturated carbocycles. The van der Waals surface area contributed by atoms with Crippen molar-refractivity contribution in [3.63, 3.8) is 0 Å². The van der Waals surface area contributed by atoms with Crippen LogP contribution in [0.4, 0.5) is 0 Å². The molecule has 0 aliphatic rings. The third-order valence-electron chi connectivity index (χ3n) is 10.3. The first-order valence-corrected chi connectivity index (χ1v) is 21.3. The van der Waals surface area contributed by atoms with Crippen LogP contribution in [0.3, 0.4) is 0 Å². The topological polar surface area (TPSA) is 104 Å². The number of aliphatic hydroxyl groups excluding tert-OH is 3. The quantitative estimate of drug-likeness (QED) is 0.0386. The van der Waals surface area contributed by atoms with Gasteiger partial charge in [-0.15, -0.1) is 0 Å². The first-order valence-electron chi connectivity index (χ1n) is 21.3. The maximum atomic E-state index is 12.8. The Kier molecular flexibility index (Phi) is 36.4. The van der Waals surface area contributed by atoms with Gasteiger partial charge in [-0.25, -0.2) is 0 Å². The van der Waals surface area contributed by atoms with E-state index in [4.69, 9.17) is 5.73 Å². The van der Waals surface area contributed by atoms with Crippen molar-refractivity contribution in [3.8, 4) is 0 Å². The lowest BCUT2D eigenvalue weighted by atomic mass is 9.88. The Morgan fingerprint density at radius 2 is 0.681 bits per heavy atom. The molecule has 0 amide bonds. The molecule has 5 N–H and O–H groups in total. The van der Waals surface area contributed by atoms with Gasteiger partial charge in [0.05, 0.1) is 18.1 Å². The molecule has 0 heterocycles. The van der Waals surface area contributed by atoms with Crippen LogP contribution >= 0.6 is 0 Å². The number of nitrogens with two attached hydrogens (primary N) is 1. The minimum atomic E-state index is -1.39. The van der Waals surface area contributed by atoms with Crippen molar-refractivity contribution in [3.05, 3.63) is 0 Å².